The van der Waals surface area contributed by atoms with Crippen LogP contribution in [0.15, 0.2) is 0 Å². The van der Waals surface area contributed by atoms with Crippen molar-refractivity contribution >= 4 is 5.97 Å². The molecular weight excluding hydrogens is 214 g/mol. The van der Waals surface area contributed by atoms with Gasteiger partial charge in [0.1, 0.15) is 6.04 Å². The van der Waals surface area contributed by atoms with E-state index in [-0.39, 0.29) is 12.0 Å². The fourth-order valence-electron chi connectivity index (χ4n) is 2.07. The number of unbranched alkanes of at least 4 members (excludes halogenated alkanes) is 1. The average molecular weight is 243 g/mol. The molecule has 0 fully saturated rings. The molecule has 0 spiro atoms. The molecule has 0 aromatic rings. The van der Waals surface area contributed by atoms with E-state index in [1.54, 1.807) is 0 Å². The molecule has 1 unspecified atom stereocenters. The van der Waals surface area contributed by atoms with Crippen LogP contribution in [0.4, 0.5) is 0 Å². The Morgan fingerprint density at radius 2 is 1.82 bits per heavy atom. The second kappa shape index (κ2) is 8.51. The van der Waals surface area contributed by atoms with Crippen LogP contribution < -0.4 is 0 Å². The highest BCUT2D eigenvalue weighted by atomic mass is 16.5. The molecule has 0 aliphatic carbocycles. The Morgan fingerprint density at radius 3 is 2.18 bits per heavy atom. The third-order valence-electron chi connectivity index (χ3n) is 2.94. The van der Waals surface area contributed by atoms with E-state index >= 15 is 0 Å². The van der Waals surface area contributed by atoms with Crippen molar-refractivity contribution in [2.75, 3.05) is 13.7 Å². The van der Waals surface area contributed by atoms with Crippen LogP contribution in [0.3, 0.4) is 0 Å². The van der Waals surface area contributed by atoms with Crippen molar-refractivity contribution in [2.45, 2.75) is 66.0 Å². The molecule has 0 rings (SSSR count). The number of hydrogen-bond acceptors (Lipinski definition) is 3. The number of rotatable bonds is 8. The number of esters is 1. The molecule has 0 saturated heterocycles. The Bertz CT molecular complexity index is 214. The van der Waals surface area contributed by atoms with Crippen LogP contribution in [0.25, 0.3) is 0 Å². The van der Waals surface area contributed by atoms with Crippen LogP contribution in [0.5, 0.6) is 0 Å². The van der Waals surface area contributed by atoms with Crippen molar-refractivity contribution in [3.63, 3.8) is 0 Å². The third kappa shape index (κ3) is 6.06. The minimum Gasteiger partial charge on any atom is -0.468 e. The molecule has 17 heavy (non-hydrogen) atoms. The molecule has 0 N–H and O–H groups in total. The number of ether oxygens (including phenoxy) is 1. The molecule has 1 atom stereocenters. The summed E-state index contributed by atoms with van der Waals surface area (Å²) in [6, 6.07) is 0.292. The summed E-state index contributed by atoms with van der Waals surface area (Å²) in [7, 11) is 1.48. The topological polar surface area (TPSA) is 29.5 Å². The van der Waals surface area contributed by atoms with Gasteiger partial charge in [0.15, 0.2) is 0 Å². The maximum absolute atomic E-state index is 11.9. The number of carbonyl (C=O) groups is 1. The zero-order valence-corrected chi connectivity index (χ0v) is 12.3. The number of carbonyl (C=O) groups excluding carboxylic acids is 1. The van der Waals surface area contributed by atoms with E-state index in [2.05, 4.69) is 39.5 Å². The highest BCUT2D eigenvalue weighted by Crippen LogP contribution is 2.16. The largest absolute Gasteiger partial charge is 0.468 e. The van der Waals surface area contributed by atoms with Crippen LogP contribution in [0.2, 0.25) is 0 Å². The summed E-state index contributed by atoms with van der Waals surface area (Å²) in [5.41, 5.74) is 0. The maximum Gasteiger partial charge on any atom is 0.323 e. The van der Waals surface area contributed by atoms with Crippen molar-refractivity contribution in [2.24, 2.45) is 5.92 Å². The summed E-state index contributed by atoms with van der Waals surface area (Å²) in [4.78, 5) is 14.2. The van der Waals surface area contributed by atoms with Gasteiger partial charge in [-0.3, -0.25) is 9.69 Å². The van der Waals surface area contributed by atoms with Gasteiger partial charge in [-0.15, -0.1) is 0 Å². The molecule has 0 aliphatic heterocycles. The highest BCUT2D eigenvalue weighted by molar-refractivity contribution is 5.75. The summed E-state index contributed by atoms with van der Waals surface area (Å²) < 4.78 is 4.94. The lowest BCUT2D eigenvalue weighted by atomic mass is 10.0. The molecule has 3 nitrogen and oxygen atoms in total. The Kier molecular flexibility index (Phi) is 8.23. The summed E-state index contributed by atoms with van der Waals surface area (Å²) in [6.07, 6.45) is 3.08. The van der Waals surface area contributed by atoms with Gasteiger partial charge in [0, 0.05) is 12.6 Å². The smallest absolute Gasteiger partial charge is 0.323 e. The van der Waals surface area contributed by atoms with Crippen LogP contribution in [-0.2, 0) is 9.53 Å². The van der Waals surface area contributed by atoms with Crippen molar-refractivity contribution in [1.82, 2.24) is 4.90 Å². The number of hydrogen-bond donors (Lipinski definition) is 0. The first-order valence-corrected chi connectivity index (χ1v) is 6.77. The highest BCUT2D eigenvalue weighted by Gasteiger charge is 2.28. The van der Waals surface area contributed by atoms with Crippen molar-refractivity contribution in [3.05, 3.63) is 0 Å². The maximum atomic E-state index is 11.9. The molecular formula is C14H29NO2. The van der Waals surface area contributed by atoms with Gasteiger partial charge < -0.3 is 4.74 Å². The zero-order valence-electron chi connectivity index (χ0n) is 12.3. The first-order chi connectivity index (χ1) is 7.93. The van der Waals surface area contributed by atoms with Crippen LogP contribution >= 0.6 is 0 Å². The molecule has 102 valence electrons. The van der Waals surface area contributed by atoms with E-state index in [4.69, 9.17) is 4.74 Å². The summed E-state index contributed by atoms with van der Waals surface area (Å²) in [5.74, 6) is 0.471. The molecule has 3 heteroatoms. The normalized spacial score (nSPS) is 13.5. The SMILES string of the molecule is CCCCC(C(=O)OC)N(CC(C)C)C(C)C. The fraction of sp³-hybridized carbons (Fsp3) is 0.929. The molecule has 0 aromatic heterocycles. The van der Waals surface area contributed by atoms with Gasteiger partial charge in [0.2, 0.25) is 0 Å². The van der Waals surface area contributed by atoms with Gasteiger partial charge in [-0.1, -0.05) is 33.6 Å². The van der Waals surface area contributed by atoms with E-state index in [0.29, 0.717) is 12.0 Å². The molecule has 0 aromatic carbocycles. The second-order valence-corrected chi connectivity index (χ2v) is 5.37. The monoisotopic (exact) mass is 243 g/mol. The predicted octanol–water partition coefficient (Wildman–Crippen LogP) is 3.08. The average Bonchev–Trinajstić information content (AvgIpc) is 2.26. The predicted molar refractivity (Wildman–Crippen MR) is 72.0 cm³/mol. The Labute approximate surface area is 107 Å². The summed E-state index contributed by atoms with van der Waals surface area (Å²) in [5, 5.41) is 0. The standard InChI is InChI=1S/C14H29NO2/c1-7-8-9-13(14(16)17-6)15(12(4)5)10-11(2)3/h11-13H,7-10H2,1-6H3. The molecule has 0 saturated carbocycles. The lowest BCUT2D eigenvalue weighted by molar-refractivity contribution is -0.148. The van der Waals surface area contributed by atoms with Crippen molar-refractivity contribution in [1.29, 1.82) is 0 Å². The molecule has 0 aliphatic rings. The fourth-order valence-corrected chi connectivity index (χ4v) is 2.07. The van der Waals surface area contributed by atoms with Crippen LogP contribution in [-0.4, -0.2) is 36.6 Å². The van der Waals surface area contributed by atoms with Gasteiger partial charge in [-0.25, -0.2) is 0 Å². The van der Waals surface area contributed by atoms with E-state index in [0.717, 1.165) is 25.8 Å². The van der Waals surface area contributed by atoms with E-state index in [1.165, 1.54) is 7.11 Å². The van der Waals surface area contributed by atoms with Gasteiger partial charge in [0.25, 0.3) is 0 Å². The Morgan fingerprint density at radius 1 is 1.24 bits per heavy atom. The van der Waals surface area contributed by atoms with E-state index in [1.807, 2.05) is 0 Å². The lowest BCUT2D eigenvalue weighted by Gasteiger charge is -2.34. The number of methoxy groups -OCH3 is 1. The van der Waals surface area contributed by atoms with Crippen molar-refractivity contribution < 1.29 is 9.53 Å². The van der Waals surface area contributed by atoms with E-state index in [9.17, 15) is 4.79 Å². The molecule has 0 radical (unpaired) electrons. The minimum atomic E-state index is -0.0900. The Balaban J connectivity index is 4.73. The minimum absolute atomic E-state index is 0.0812. The van der Waals surface area contributed by atoms with Crippen LogP contribution in [0.1, 0.15) is 53.9 Å². The second-order valence-electron chi connectivity index (χ2n) is 5.37. The first kappa shape index (κ1) is 16.4. The first-order valence-electron chi connectivity index (χ1n) is 6.77. The van der Waals surface area contributed by atoms with Gasteiger partial charge >= 0.3 is 5.97 Å². The molecule has 0 amide bonds. The molecule has 0 heterocycles. The quantitative estimate of drug-likeness (QED) is 0.614. The van der Waals surface area contributed by atoms with Gasteiger partial charge in [0.05, 0.1) is 7.11 Å². The third-order valence-corrected chi connectivity index (χ3v) is 2.94. The molecule has 0 bridgehead atoms. The summed E-state index contributed by atoms with van der Waals surface area (Å²) >= 11 is 0. The Hall–Kier alpha value is -0.570. The number of nitrogens with zero attached hydrogens (tertiary/aromatic N) is 1. The van der Waals surface area contributed by atoms with Gasteiger partial charge in [-0.05, 0) is 26.2 Å². The van der Waals surface area contributed by atoms with Crippen LogP contribution in [0, 0.1) is 5.92 Å². The van der Waals surface area contributed by atoms with E-state index < -0.39 is 0 Å². The zero-order chi connectivity index (χ0) is 13.4. The lowest BCUT2D eigenvalue weighted by Crippen LogP contribution is -2.47. The van der Waals surface area contributed by atoms with Gasteiger partial charge in [-0.2, -0.15) is 0 Å². The summed E-state index contributed by atoms with van der Waals surface area (Å²) in [6.45, 7) is 11.7. The van der Waals surface area contributed by atoms with Crippen molar-refractivity contribution in [3.8, 4) is 0 Å².